The predicted molar refractivity (Wildman–Crippen MR) is 243 cm³/mol. The van der Waals surface area contributed by atoms with E-state index in [0.29, 0.717) is 5.92 Å². The van der Waals surface area contributed by atoms with Crippen LogP contribution in [-0.4, -0.2) is 0 Å². The van der Waals surface area contributed by atoms with Crippen LogP contribution in [0.15, 0.2) is 158 Å². The van der Waals surface area contributed by atoms with E-state index >= 15 is 0 Å². The van der Waals surface area contributed by atoms with Gasteiger partial charge in [-0.2, -0.15) is 0 Å². The smallest absolute Gasteiger partial charge is 0.0468 e. The number of fused-ring (bicyclic) bond motifs is 7. The van der Waals surface area contributed by atoms with Crippen LogP contribution in [0.4, 0.5) is 34.1 Å². The number of rotatable bonds is 7. The summed E-state index contributed by atoms with van der Waals surface area (Å²) < 4.78 is 2.71. The number of anilines is 6. The third-order valence-corrected chi connectivity index (χ3v) is 14.7. The Morgan fingerprint density at radius 2 is 1.04 bits per heavy atom. The average Bonchev–Trinajstić information content (AvgIpc) is 3.96. The summed E-state index contributed by atoms with van der Waals surface area (Å²) in [4.78, 5) is 4.96. The third-order valence-electron chi connectivity index (χ3n) is 13.6. The highest BCUT2D eigenvalue weighted by Crippen LogP contribution is 2.55. The first kappa shape index (κ1) is 34.6. The molecule has 11 rings (SSSR count). The van der Waals surface area contributed by atoms with Crippen molar-refractivity contribution >= 4 is 65.6 Å². The van der Waals surface area contributed by atoms with Crippen LogP contribution in [0, 0.1) is 6.92 Å². The number of aryl methyl sites for hydroxylation is 3. The molecule has 0 unspecified atom stereocenters. The van der Waals surface area contributed by atoms with Crippen LogP contribution in [0.1, 0.15) is 84.2 Å². The van der Waals surface area contributed by atoms with Crippen molar-refractivity contribution in [2.75, 3.05) is 9.80 Å². The molecule has 3 aliphatic rings. The minimum Gasteiger partial charge on any atom is -0.310 e. The molecule has 1 heterocycles. The highest BCUT2D eigenvalue weighted by molar-refractivity contribution is 7.25. The number of hydrogen-bond donors (Lipinski definition) is 0. The van der Waals surface area contributed by atoms with E-state index in [0.717, 1.165) is 25.7 Å². The van der Waals surface area contributed by atoms with E-state index in [1.165, 1.54) is 120 Å². The van der Waals surface area contributed by atoms with Crippen LogP contribution in [0.2, 0.25) is 0 Å². The molecular formula is C54H48N2S. The molecule has 0 aliphatic heterocycles. The molecule has 1 spiro atoms. The zero-order chi connectivity index (χ0) is 37.9. The largest absolute Gasteiger partial charge is 0.310 e. The number of benzene rings is 7. The molecule has 1 fully saturated rings. The molecular weight excluding hydrogens is 709 g/mol. The van der Waals surface area contributed by atoms with Crippen molar-refractivity contribution in [2.24, 2.45) is 0 Å². The molecule has 0 radical (unpaired) electrons. The van der Waals surface area contributed by atoms with Gasteiger partial charge in [0.15, 0.2) is 0 Å². The Kier molecular flexibility index (Phi) is 8.54. The molecule has 0 amide bonds. The van der Waals surface area contributed by atoms with Crippen molar-refractivity contribution in [1.82, 2.24) is 0 Å². The van der Waals surface area contributed by atoms with E-state index in [2.05, 4.69) is 174 Å². The average molecular weight is 757 g/mol. The van der Waals surface area contributed by atoms with E-state index in [-0.39, 0.29) is 5.41 Å². The maximum Gasteiger partial charge on any atom is 0.0468 e. The van der Waals surface area contributed by atoms with Crippen LogP contribution in [0.25, 0.3) is 20.2 Å². The SMILES string of the molecule is Cc1cccc2sc3ccc(N(c4ccc(C5CCCCC5)cc4)c4ccc5c(c4)[C@]4(CCc6ccc(N(c7ccccc7)c7ccccc7)cc64)CC5)cc3c12. The molecule has 57 heavy (non-hydrogen) atoms. The maximum atomic E-state index is 2.58. The van der Waals surface area contributed by atoms with Gasteiger partial charge in [-0.05, 0) is 170 Å². The van der Waals surface area contributed by atoms with Gasteiger partial charge in [-0.15, -0.1) is 11.3 Å². The monoisotopic (exact) mass is 756 g/mol. The van der Waals surface area contributed by atoms with Gasteiger partial charge >= 0.3 is 0 Å². The lowest BCUT2D eigenvalue weighted by molar-refractivity contribution is 0.443. The first-order chi connectivity index (χ1) is 28.1. The summed E-state index contributed by atoms with van der Waals surface area (Å²) >= 11 is 1.91. The maximum absolute atomic E-state index is 2.58. The third kappa shape index (κ3) is 5.89. The van der Waals surface area contributed by atoms with Gasteiger partial charge in [-0.3, -0.25) is 0 Å². The molecule has 3 aliphatic carbocycles. The Morgan fingerprint density at radius 3 is 1.67 bits per heavy atom. The topological polar surface area (TPSA) is 6.48 Å². The van der Waals surface area contributed by atoms with Crippen molar-refractivity contribution in [2.45, 2.75) is 76.0 Å². The van der Waals surface area contributed by atoms with E-state index in [1.54, 1.807) is 0 Å². The lowest BCUT2D eigenvalue weighted by atomic mass is 9.76. The fraction of sp³-hybridized carbons (Fsp3) is 0.222. The van der Waals surface area contributed by atoms with Crippen molar-refractivity contribution in [3.05, 3.63) is 191 Å². The second kappa shape index (κ2) is 14.1. The zero-order valence-electron chi connectivity index (χ0n) is 32.8. The van der Waals surface area contributed by atoms with Crippen molar-refractivity contribution in [1.29, 1.82) is 0 Å². The number of nitrogens with zero attached hydrogens (tertiary/aromatic N) is 2. The summed E-state index contributed by atoms with van der Waals surface area (Å²) in [5.41, 5.74) is 16.2. The van der Waals surface area contributed by atoms with Crippen LogP contribution < -0.4 is 9.80 Å². The van der Waals surface area contributed by atoms with Gasteiger partial charge in [0, 0.05) is 59.7 Å². The van der Waals surface area contributed by atoms with Crippen molar-refractivity contribution in [3.63, 3.8) is 0 Å². The zero-order valence-corrected chi connectivity index (χ0v) is 33.6. The van der Waals surface area contributed by atoms with E-state index in [1.807, 2.05) is 11.3 Å². The van der Waals surface area contributed by atoms with Gasteiger partial charge in [-0.1, -0.05) is 92.1 Å². The van der Waals surface area contributed by atoms with E-state index in [4.69, 9.17) is 0 Å². The lowest BCUT2D eigenvalue weighted by Crippen LogP contribution is -2.22. The highest BCUT2D eigenvalue weighted by Gasteiger charge is 2.45. The molecule has 280 valence electrons. The number of thiophene rings is 1. The first-order valence-corrected chi connectivity index (χ1v) is 21.9. The van der Waals surface area contributed by atoms with Crippen molar-refractivity contribution in [3.8, 4) is 0 Å². The summed E-state index contributed by atoms with van der Waals surface area (Å²) in [5, 5.41) is 2.74. The Morgan fingerprint density at radius 1 is 0.491 bits per heavy atom. The molecule has 3 heteroatoms. The fourth-order valence-electron chi connectivity index (χ4n) is 10.7. The van der Waals surface area contributed by atoms with Gasteiger partial charge in [0.2, 0.25) is 0 Å². The highest BCUT2D eigenvalue weighted by atomic mass is 32.1. The summed E-state index contributed by atoms with van der Waals surface area (Å²) in [6.45, 7) is 2.26. The summed E-state index contributed by atoms with van der Waals surface area (Å²) in [6, 6.07) is 59.9. The minimum atomic E-state index is -0.00311. The van der Waals surface area contributed by atoms with Gasteiger partial charge in [0.1, 0.15) is 0 Å². The predicted octanol–water partition coefficient (Wildman–Crippen LogP) is 15.5. The Bertz CT molecular complexity index is 2700. The molecule has 0 N–H and O–H groups in total. The standard InChI is InChI=1S/C54H48N2S/c1-37-12-11-19-52-53(37)48-34-45(28-29-51(48)57-52)56(44-24-20-39(21-25-44)38-13-5-2-6-14-38)47-27-23-41-31-33-54(50(41)36-47)32-30-40-22-26-46(35-49(40)54)55(42-15-7-3-8-16-42)43-17-9-4-10-18-43/h3-4,7-12,15-29,34-36,38H,2,5-6,13-14,30-33H2,1H3/t54-/m1/s1. The first-order valence-electron chi connectivity index (χ1n) is 21.1. The van der Waals surface area contributed by atoms with Gasteiger partial charge in [-0.25, -0.2) is 0 Å². The molecule has 7 aromatic carbocycles. The second-order valence-electron chi connectivity index (χ2n) is 16.8. The van der Waals surface area contributed by atoms with Gasteiger partial charge in [0.05, 0.1) is 0 Å². The van der Waals surface area contributed by atoms with Gasteiger partial charge in [0.25, 0.3) is 0 Å². The van der Waals surface area contributed by atoms with Gasteiger partial charge < -0.3 is 9.80 Å². The van der Waals surface area contributed by atoms with E-state index < -0.39 is 0 Å². The number of hydrogen-bond acceptors (Lipinski definition) is 3. The Labute approximate surface area is 341 Å². The van der Waals surface area contributed by atoms with Crippen LogP contribution in [-0.2, 0) is 18.3 Å². The molecule has 2 nitrogen and oxygen atoms in total. The lowest BCUT2D eigenvalue weighted by Gasteiger charge is -2.32. The molecule has 8 aromatic rings. The molecule has 1 aromatic heterocycles. The molecule has 0 bridgehead atoms. The van der Waals surface area contributed by atoms with Crippen molar-refractivity contribution < 1.29 is 0 Å². The van der Waals surface area contributed by atoms with Crippen LogP contribution in [0.5, 0.6) is 0 Å². The fourth-order valence-corrected chi connectivity index (χ4v) is 11.9. The normalized spacial score (nSPS) is 17.6. The number of para-hydroxylation sites is 2. The summed E-state index contributed by atoms with van der Waals surface area (Å²) in [6.07, 6.45) is 11.2. The Balaban J connectivity index is 1.04. The van der Waals surface area contributed by atoms with Crippen LogP contribution >= 0.6 is 11.3 Å². The molecule has 1 saturated carbocycles. The summed E-state index contributed by atoms with van der Waals surface area (Å²) in [5.74, 6) is 0.685. The minimum absolute atomic E-state index is 0.00311. The second-order valence-corrected chi connectivity index (χ2v) is 17.8. The van der Waals surface area contributed by atoms with E-state index in [9.17, 15) is 0 Å². The van der Waals surface area contributed by atoms with Crippen LogP contribution in [0.3, 0.4) is 0 Å². The molecule has 1 atom stereocenters. The quantitative estimate of drug-likeness (QED) is 0.160. The Hall–Kier alpha value is -5.64. The molecule has 0 saturated heterocycles. The summed E-state index contributed by atoms with van der Waals surface area (Å²) in [7, 11) is 0.